The molecule has 10 nitrogen and oxygen atoms in total. The van der Waals surface area contributed by atoms with Crippen molar-refractivity contribution >= 4 is 66.7 Å². The number of fused-ring (bicyclic) bond motifs is 1. The molecule has 0 saturated carbocycles. The lowest BCUT2D eigenvalue weighted by atomic mass is 10.2. The smallest absolute Gasteiger partial charge is 0.245 e. The second-order valence-electron chi connectivity index (χ2n) is 5.79. The Morgan fingerprint density at radius 2 is 1.67 bits per heavy atom. The molecule has 0 bridgehead atoms. The Labute approximate surface area is 184 Å². The number of hydrogen-bond acceptors (Lipinski definition) is 10. The first-order chi connectivity index (χ1) is 14.4. The molecule has 0 aliphatic rings. The zero-order valence-electron chi connectivity index (χ0n) is 14.6. The summed E-state index contributed by atoms with van der Waals surface area (Å²) in [4.78, 5) is 8.51. The third kappa shape index (κ3) is 4.02. The van der Waals surface area contributed by atoms with Crippen molar-refractivity contribution in [1.29, 1.82) is 0 Å². The number of hydrazone groups is 1. The first-order valence-corrected chi connectivity index (χ1v) is 9.73. The number of aromatic hydroxyl groups is 2. The molecule has 2 aromatic heterocycles. The third-order valence-corrected chi connectivity index (χ3v) is 5.15. The van der Waals surface area contributed by atoms with Gasteiger partial charge >= 0.3 is 0 Å². The van der Waals surface area contributed by atoms with Crippen LogP contribution in [0.2, 0.25) is 0 Å². The topological polar surface area (TPSA) is 142 Å². The number of rotatable bonds is 5. The van der Waals surface area contributed by atoms with E-state index in [2.05, 4.69) is 72.6 Å². The Kier molecular flexibility index (Phi) is 5.46. The van der Waals surface area contributed by atoms with Gasteiger partial charge in [0.05, 0.1) is 10.7 Å². The van der Waals surface area contributed by atoms with Crippen LogP contribution < -0.4 is 10.7 Å². The van der Waals surface area contributed by atoms with Crippen molar-refractivity contribution < 1.29 is 19.2 Å². The third-order valence-electron chi connectivity index (χ3n) is 3.79. The van der Waals surface area contributed by atoms with E-state index < -0.39 is 0 Å². The molecule has 0 aliphatic heterocycles. The zero-order chi connectivity index (χ0) is 21.3. The first kappa shape index (κ1) is 20.0. The minimum absolute atomic E-state index is 0.117. The summed E-state index contributed by atoms with van der Waals surface area (Å²) in [5.74, 6) is -0.308. The predicted octanol–water partition coefficient (Wildman–Crippen LogP) is 4.28. The van der Waals surface area contributed by atoms with Gasteiger partial charge < -0.3 is 15.5 Å². The van der Waals surface area contributed by atoms with Gasteiger partial charge in [0, 0.05) is 11.3 Å². The Hall–Kier alpha value is -3.32. The SMILES string of the molecule is Oc1c(Br)cc(C=NNc2nc3nonc3nc2Nc2ccc(F)cc2)c(O)c1Br. The summed E-state index contributed by atoms with van der Waals surface area (Å²) >= 11 is 6.28. The van der Waals surface area contributed by atoms with Gasteiger partial charge in [-0.15, -0.1) is 0 Å². The number of benzene rings is 2. The second-order valence-corrected chi connectivity index (χ2v) is 7.44. The van der Waals surface area contributed by atoms with Crippen molar-refractivity contribution in [3.05, 3.63) is 50.7 Å². The van der Waals surface area contributed by atoms with Crippen LogP contribution in [0.3, 0.4) is 0 Å². The number of aromatic nitrogens is 4. The van der Waals surface area contributed by atoms with E-state index in [9.17, 15) is 14.6 Å². The molecule has 4 N–H and O–H groups in total. The van der Waals surface area contributed by atoms with Gasteiger partial charge in [0.1, 0.15) is 21.8 Å². The van der Waals surface area contributed by atoms with Gasteiger partial charge in [0.25, 0.3) is 0 Å². The highest BCUT2D eigenvalue weighted by Gasteiger charge is 2.14. The van der Waals surface area contributed by atoms with Crippen LogP contribution >= 0.6 is 31.9 Å². The summed E-state index contributed by atoms with van der Waals surface area (Å²) in [6.45, 7) is 0. The lowest BCUT2D eigenvalue weighted by Gasteiger charge is -2.09. The zero-order valence-corrected chi connectivity index (χ0v) is 17.8. The van der Waals surface area contributed by atoms with E-state index in [4.69, 9.17) is 0 Å². The highest BCUT2D eigenvalue weighted by atomic mass is 79.9. The summed E-state index contributed by atoms with van der Waals surface area (Å²) in [6.07, 6.45) is 1.32. The van der Waals surface area contributed by atoms with Crippen LogP contribution in [0.5, 0.6) is 11.5 Å². The van der Waals surface area contributed by atoms with Crippen LogP contribution in [0, 0.1) is 5.82 Å². The predicted molar refractivity (Wildman–Crippen MR) is 113 cm³/mol. The maximum atomic E-state index is 13.2. The van der Waals surface area contributed by atoms with Crippen LogP contribution in [-0.4, -0.2) is 36.7 Å². The largest absolute Gasteiger partial charge is 0.506 e. The molecule has 2 aromatic carbocycles. The number of phenolic OH excluding ortho intramolecular Hbond substituents is 2. The summed E-state index contributed by atoms with van der Waals surface area (Å²) in [5.41, 5.74) is 3.88. The highest BCUT2D eigenvalue weighted by molar-refractivity contribution is 9.11. The molecule has 0 radical (unpaired) electrons. The van der Waals surface area contributed by atoms with Gasteiger partial charge in [-0.3, -0.25) is 5.43 Å². The van der Waals surface area contributed by atoms with Gasteiger partial charge in [-0.05, 0) is 72.5 Å². The van der Waals surface area contributed by atoms with E-state index in [1.807, 2.05) is 0 Å². The van der Waals surface area contributed by atoms with Gasteiger partial charge in [-0.1, -0.05) is 0 Å². The molecular weight excluding hydrogens is 529 g/mol. The fourth-order valence-corrected chi connectivity index (χ4v) is 3.50. The van der Waals surface area contributed by atoms with E-state index in [0.717, 1.165) is 0 Å². The number of nitrogens with zero attached hydrogens (tertiary/aromatic N) is 5. The number of anilines is 3. The maximum absolute atomic E-state index is 13.2. The molecule has 0 atom stereocenters. The van der Waals surface area contributed by atoms with Crippen LogP contribution in [0.15, 0.2) is 49.0 Å². The van der Waals surface area contributed by atoms with E-state index >= 15 is 0 Å². The van der Waals surface area contributed by atoms with Gasteiger partial charge in [0.2, 0.25) is 11.3 Å². The van der Waals surface area contributed by atoms with E-state index in [-0.39, 0.29) is 44.7 Å². The first-order valence-electron chi connectivity index (χ1n) is 8.14. The average molecular weight is 539 g/mol. The quantitative estimate of drug-likeness (QED) is 0.216. The molecule has 13 heteroatoms. The van der Waals surface area contributed by atoms with Crippen LogP contribution in [0.1, 0.15) is 5.56 Å². The van der Waals surface area contributed by atoms with Crippen LogP contribution in [0.25, 0.3) is 11.3 Å². The normalized spacial score (nSPS) is 11.3. The standard InChI is InChI=1S/C17H10Br2FN7O3/c18-10-5-7(12(28)11(19)13(10)29)6-21-25-15-14(22-9-3-1-8(20)2-4-9)23-16-17(24-15)27-30-26-16/h1-6,28-29H,(H,22,23,26)(H,24,25,27). The van der Waals surface area contributed by atoms with Crippen LogP contribution in [-0.2, 0) is 0 Å². The van der Waals surface area contributed by atoms with E-state index in [1.54, 1.807) is 0 Å². The number of halogens is 3. The average Bonchev–Trinajstić information content (AvgIpc) is 3.19. The Balaban J connectivity index is 1.65. The molecule has 0 amide bonds. The van der Waals surface area contributed by atoms with Gasteiger partial charge in [-0.2, -0.15) is 10.1 Å². The minimum Gasteiger partial charge on any atom is -0.506 e. The van der Waals surface area contributed by atoms with Gasteiger partial charge in [0.15, 0.2) is 11.6 Å². The molecule has 0 aliphatic carbocycles. The minimum atomic E-state index is -0.378. The second kappa shape index (κ2) is 8.20. The molecule has 0 fully saturated rings. The van der Waals surface area contributed by atoms with Crippen molar-refractivity contribution in [3.8, 4) is 11.5 Å². The Morgan fingerprint density at radius 3 is 2.37 bits per heavy atom. The van der Waals surface area contributed by atoms with Crippen molar-refractivity contribution in [2.45, 2.75) is 0 Å². The number of phenols is 2. The molecular formula is C17H10Br2FN7O3. The van der Waals surface area contributed by atoms with E-state index in [1.165, 1.54) is 36.5 Å². The van der Waals surface area contributed by atoms with Crippen molar-refractivity contribution in [3.63, 3.8) is 0 Å². The monoisotopic (exact) mass is 537 g/mol. The molecule has 30 heavy (non-hydrogen) atoms. The lowest BCUT2D eigenvalue weighted by molar-refractivity contribution is 0.314. The van der Waals surface area contributed by atoms with E-state index in [0.29, 0.717) is 15.7 Å². The van der Waals surface area contributed by atoms with Gasteiger partial charge in [-0.25, -0.2) is 14.0 Å². The fourth-order valence-electron chi connectivity index (χ4n) is 2.35. The number of hydrogen-bond donors (Lipinski definition) is 4. The summed E-state index contributed by atoms with van der Waals surface area (Å²) in [7, 11) is 0. The highest BCUT2D eigenvalue weighted by Crippen LogP contribution is 2.40. The van der Waals surface area contributed by atoms with Crippen molar-refractivity contribution in [2.75, 3.05) is 10.7 Å². The molecule has 0 unspecified atom stereocenters. The lowest BCUT2D eigenvalue weighted by Crippen LogP contribution is -2.03. The number of nitrogens with one attached hydrogen (secondary N) is 2. The molecule has 0 spiro atoms. The maximum Gasteiger partial charge on any atom is 0.245 e. The molecule has 4 aromatic rings. The van der Waals surface area contributed by atoms with Crippen molar-refractivity contribution in [1.82, 2.24) is 20.3 Å². The molecule has 2 heterocycles. The molecule has 152 valence electrons. The summed E-state index contributed by atoms with van der Waals surface area (Å²) in [5, 5.41) is 34.3. The summed E-state index contributed by atoms with van der Waals surface area (Å²) < 4.78 is 18.3. The molecule has 4 rings (SSSR count). The van der Waals surface area contributed by atoms with Crippen LogP contribution in [0.4, 0.5) is 21.7 Å². The Morgan fingerprint density at radius 1 is 1.00 bits per heavy atom. The molecule has 0 saturated heterocycles. The van der Waals surface area contributed by atoms with Crippen molar-refractivity contribution in [2.24, 2.45) is 5.10 Å². The Bertz CT molecular complexity index is 1260. The fraction of sp³-hybridized carbons (Fsp3) is 0. The summed E-state index contributed by atoms with van der Waals surface area (Å²) in [6, 6.07) is 7.12.